The summed E-state index contributed by atoms with van der Waals surface area (Å²) in [6.07, 6.45) is 0. The van der Waals surface area contributed by atoms with Crippen molar-refractivity contribution in [2.24, 2.45) is 4.99 Å². The lowest BCUT2D eigenvalue weighted by Crippen LogP contribution is -2.10. The van der Waals surface area contributed by atoms with Gasteiger partial charge >= 0.3 is 0 Å². The van der Waals surface area contributed by atoms with Crippen molar-refractivity contribution in [2.45, 2.75) is 6.54 Å². The number of benzene rings is 1. The van der Waals surface area contributed by atoms with Gasteiger partial charge in [0.25, 0.3) is 0 Å². The van der Waals surface area contributed by atoms with Crippen LogP contribution in [0, 0.1) is 0 Å². The normalized spacial score (nSPS) is 10.2. The van der Waals surface area contributed by atoms with Crippen LogP contribution in [0.15, 0.2) is 29.3 Å². The SMILES string of the molecule is C=Nc1ccc(CN(C)C)cc1. The molecule has 0 fully saturated rings. The van der Waals surface area contributed by atoms with Gasteiger partial charge < -0.3 is 4.90 Å². The van der Waals surface area contributed by atoms with Crippen LogP contribution in [0.5, 0.6) is 0 Å². The highest BCUT2D eigenvalue weighted by Gasteiger charge is 1.93. The van der Waals surface area contributed by atoms with Crippen LogP contribution in [0.2, 0.25) is 0 Å². The van der Waals surface area contributed by atoms with Gasteiger partial charge in [-0.3, -0.25) is 4.99 Å². The summed E-state index contributed by atoms with van der Waals surface area (Å²) in [4.78, 5) is 5.96. The Morgan fingerprint density at radius 2 is 1.83 bits per heavy atom. The maximum absolute atomic E-state index is 3.83. The Kier molecular flexibility index (Phi) is 3.00. The van der Waals surface area contributed by atoms with Crippen LogP contribution < -0.4 is 0 Å². The van der Waals surface area contributed by atoms with Gasteiger partial charge in [0.05, 0.1) is 5.69 Å². The first-order valence-electron chi connectivity index (χ1n) is 3.93. The second-order valence-corrected chi connectivity index (χ2v) is 3.06. The molecule has 0 spiro atoms. The van der Waals surface area contributed by atoms with E-state index in [2.05, 4.69) is 42.8 Å². The third-order valence-electron chi connectivity index (χ3n) is 1.62. The molecule has 0 amide bonds. The number of hydrogen-bond donors (Lipinski definition) is 0. The molecule has 1 aromatic rings. The zero-order valence-corrected chi connectivity index (χ0v) is 7.62. The van der Waals surface area contributed by atoms with E-state index in [0.717, 1.165) is 12.2 Å². The molecule has 0 aliphatic heterocycles. The summed E-state index contributed by atoms with van der Waals surface area (Å²) in [5.74, 6) is 0. The predicted molar refractivity (Wildman–Crippen MR) is 53.0 cm³/mol. The molecule has 1 aromatic carbocycles. The van der Waals surface area contributed by atoms with E-state index in [1.54, 1.807) is 0 Å². The summed E-state index contributed by atoms with van der Waals surface area (Å²) in [6, 6.07) is 8.10. The van der Waals surface area contributed by atoms with Gasteiger partial charge in [-0.05, 0) is 38.5 Å². The van der Waals surface area contributed by atoms with Gasteiger partial charge in [0.1, 0.15) is 0 Å². The van der Waals surface area contributed by atoms with Crippen molar-refractivity contribution in [3.63, 3.8) is 0 Å². The standard InChI is InChI=1S/C10H14N2/c1-11-10-6-4-9(5-7-10)8-12(2)3/h4-7H,1,8H2,2-3H3. The quantitative estimate of drug-likeness (QED) is 0.621. The number of nitrogens with zero attached hydrogens (tertiary/aromatic N) is 2. The van der Waals surface area contributed by atoms with E-state index in [9.17, 15) is 0 Å². The first-order chi connectivity index (χ1) is 5.72. The molecule has 0 aromatic heterocycles. The number of hydrogen-bond acceptors (Lipinski definition) is 2. The molecule has 0 aliphatic rings. The van der Waals surface area contributed by atoms with E-state index >= 15 is 0 Å². The Morgan fingerprint density at radius 3 is 2.25 bits per heavy atom. The highest BCUT2D eigenvalue weighted by atomic mass is 15.0. The third kappa shape index (κ3) is 2.47. The highest BCUT2D eigenvalue weighted by Crippen LogP contribution is 2.12. The monoisotopic (exact) mass is 162 g/mol. The molecule has 0 atom stereocenters. The molecule has 0 heterocycles. The maximum Gasteiger partial charge on any atom is 0.0622 e. The van der Waals surface area contributed by atoms with Crippen LogP contribution in [0.4, 0.5) is 5.69 Å². The molecular weight excluding hydrogens is 148 g/mol. The average molecular weight is 162 g/mol. The molecule has 0 radical (unpaired) electrons. The minimum Gasteiger partial charge on any atom is -0.305 e. The van der Waals surface area contributed by atoms with Crippen LogP contribution in [0.3, 0.4) is 0 Å². The maximum atomic E-state index is 3.83. The van der Waals surface area contributed by atoms with E-state index in [1.165, 1.54) is 5.56 Å². The fourth-order valence-corrected chi connectivity index (χ4v) is 1.07. The minimum atomic E-state index is 0.928. The summed E-state index contributed by atoms with van der Waals surface area (Å²) in [5.41, 5.74) is 2.23. The van der Waals surface area contributed by atoms with E-state index in [0.29, 0.717) is 0 Å². The fourth-order valence-electron chi connectivity index (χ4n) is 1.07. The lowest BCUT2D eigenvalue weighted by atomic mass is 10.2. The molecule has 64 valence electrons. The lowest BCUT2D eigenvalue weighted by Gasteiger charge is -2.08. The van der Waals surface area contributed by atoms with E-state index in [4.69, 9.17) is 0 Å². The lowest BCUT2D eigenvalue weighted by molar-refractivity contribution is 0.402. The Bertz CT molecular complexity index is 249. The van der Waals surface area contributed by atoms with Crippen molar-refractivity contribution < 1.29 is 0 Å². The average Bonchev–Trinajstić information content (AvgIpc) is 2.05. The molecule has 0 unspecified atom stereocenters. The van der Waals surface area contributed by atoms with Crippen LogP contribution in [0.1, 0.15) is 5.56 Å². The second-order valence-electron chi connectivity index (χ2n) is 3.06. The summed E-state index contributed by atoms with van der Waals surface area (Å²) in [6.45, 7) is 4.43. The molecule has 0 saturated heterocycles. The van der Waals surface area contributed by atoms with Crippen LogP contribution in [-0.2, 0) is 6.54 Å². The van der Waals surface area contributed by atoms with Crippen molar-refractivity contribution in [3.8, 4) is 0 Å². The van der Waals surface area contributed by atoms with Crippen molar-refractivity contribution in [3.05, 3.63) is 29.8 Å². The van der Waals surface area contributed by atoms with Crippen LogP contribution in [-0.4, -0.2) is 25.7 Å². The number of aliphatic imine (C=N–C) groups is 1. The molecule has 0 N–H and O–H groups in total. The Morgan fingerprint density at radius 1 is 1.25 bits per heavy atom. The van der Waals surface area contributed by atoms with Crippen molar-refractivity contribution >= 4 is 12.4 Å². The zero-order valence-electron chi connectivity index (χ0n) is 7.62. The molecule has 0 bridgehead atoms. The third-order valence-corrected chi connectivity index (χ3v) is 1.62. The van der Waals surface area contributed by atoms with Crippen LogP contribution in [0.25, 0.3) is 0 Å². The molecule has 1 rings (SSSR count). The zero-order chi connectivity index (χ0) is 8.97. The predicted octanol–water partition coefficient (Wildman–Crippen LogP) is 2.08. The summed E-state index contributed by atoms with van der Waals surface area (Å²) in [5, 5.41) is 0. The topological polar surface area (TPSA) is 15.6 Å². The Labute approximate surface area is 73.5 Å². The molecule has 2 nitrogen and oxygen atoms in total. The highest BCUT2D eigenvalue weighted by molar-refractivity contribution is 5.45. The fraction of sp³-hybridized carbons (Fsp3) is 0.300. The Hall–Kier alpha value is -1.15. The van der Waals surface area contributed by atoms with Gasteiger partial charge in [0.2, 0.25) is 0 Å². The van der Waals surface area contributed by atoms with E-state index in [-0.39, 0.29) is 0 Å². The van der Waals surface area contributed by atoms with Gasteiger partial charge in [-0.2, -0.15) is 0 Å². The first-order valence-corrected chi connectivity index (χ1v) is 3.93. The first kappa shape index (κ1) is 8.94. The van der Waals surface area contributed by atoms with Crippen molar-refractivity contribution in [1.82, 2.24) is 4.90 Å². The molecule has 0 aliphatic carbocycles. The molecular formula is C10H14N2. The van der Waals surface area contributed by atoms with Crippen molar-refractivity contribution in [2.75, 3.05) is 14.1 Å². The van der Waals surface area contributed by atoms with E-state index < -0.39 is 0 Å². The summed E-state index contributed by atoms with van der Waals surface area (Å²) in [7, 11) is 4.11. The summed E-state index contributed by atoms with van der Waals surface area (Å²) < 4.78 is 0. The van der Waals surface area contributed by atoms with Gasteiger partial charge in [-0.15, -0.1) is 0 Å². The van der Waals surface area contributed by atoms with Gasteiger partial charge in [0, 0.05) is 6.54 Å². The van der Waals surface area contributed by atoms with Gasteiger partial charge in [-0.1, -0.05) is 12.1 Å². The smallest absolute Gasteiger partial charge is 0.0622 e. The number of rotatable bonds is 3. The largest absolute Gasteiger partial charge is 0.305 e. The van der Waals surface area contributed by atoms with Crippen molar-refractivity contribution in [1.29, 1.82) is 0 Å². The van der Waals surface area contributed by atoms with Gasteiger partial charge in [-0.25, -0.2) is 0 Å². The molecule has 2 heteroatoms. The summed E-state index contributed by atoms with van der Waals surface area (Å²) >= 11 is 0. The molecule has 0 saturated carbocycles. The minimum absolute atomic E-state index is 0.928. The second kappa shape index (κ2) is 4.02. The van der Waals surface area contributed by atoms with Crippen LogP contribution >= 0.6 is 0 Å². The van der Waals surface area contributed by atoms with Gasteiger partial charge in [0.15, 0.2) is 0 Å². The Balaban J connectivity index is 2.71. The van der Waals surface area contributed by atoms with E-state index in [1.807, 2.05) is 12.1 Å². The molecule has 12 heavy (non-hydrogen) atoms.